The van der Waals surface area contributed by atoms with E-state index >= 15 is 0 Å². The lowest BCUT2D eigenvalue weighted by atomic mass is 10.1. The molecule has 3 rings (SSSR count). The Morgan fingerprint density at radius 1 is 1.09 bits per heavy atom. The van der Waals surface area contributed by atoms with Crippen molar-refractivity contribution in [1.29, 1.82) is 0 Å². The van der Waals surface area contributed by atoms with Gasteiger partial charge in [0.15, 0.2) is 0 Å². The van der Waals surface area contributed by atoms with E-state index in [9.17, 15) is 9.18 Å². The van der Waals surface area contributed by atoms with Crippen LogP contribution >= 0.6 is 0 Å². The van der Waals surface area contributed by atoms with Crippen LogP contribution in [0.1, 0.15) is 18.4 Å². The number of nitrogens with one attached hydrogen (secondary N) is 1. The third kappa shape index (κ3) is 3.64. The number of hydrogen-bond acceptors (Lipinski definition) is 2. The number of carbonyl (C=O) groups is 1. The molecule has 0 aliphatic carbocycles. The summed E-state index contributed by atoms with van der Waals surface area (Å²) in [4.78, 5) is 14.3. The molecule has 0 atom stereocenters. The summed E-state index contributed by atoms with van der Waals surface area (Å²) in [6, 6.07) is 14.0. The van der Waals surface area contributed by atoms with Gasteiger partial charge in [0.2, 0.25) is 5.91 Å². The Labute approximate surface area is 129 Å². The number of halogens is 1. The minimum absolute atomic E-state index is 0.139. The maximum absolute atomic E-state index is 13.1. The summed E-state index contributed by atoms with van der Waals surface area (Å²) in [5.74, 6) is -0.493. The summed E-state index contributed by atoms with van der Waals surface area (Å²) < 4.78 is 13.1. The van der Waals surface area contributed by atoms with E-state index in [1.54, 1.807) is 12.1 Å². The molecular weight excluding hydrogens is 279 g/mol. The molecule has 1 heterocycles. The fraction of sp³-hybridized carbons (Fsp3) is 0.278. The lowest BCUT2D eigenvalue weighted by molar-refractivity contribution is -0.115. The van der Waals surface area contributed by atoms with Crippen LogP contribution in [0.3, 0.4) is 0 Å². The Balaban J connectivity index is 1.59. The first-order chi connectivity index (χ1) is 10.7. The quantitative estimate of drug-likeness (QED) is 0.935. The maximum atomic E-state index is 13.1. The van der Waals surface area contributed by atoms with Crippen LogP contribution < -0.4 is 10.2 Å². The van der Waals surface area contributed by atoms with E-state index in [1.165, 1.54) is 30.7 Å². The van der Waals surface area contributed by atoms with Crippen LogP contribution in [0.25, 0.3) is 0 Å². The molecular formula is C18H19FN2O. The Kier molecular flexibility index (Phi) is 4.37. The average Bonchev–Trinajstić information content (AvgIpc) is 3.02. The highest BCUT2D eigenvalue weighted by Gasteiger charge is 2.12. The van der Waals surface area contributed by atoms with Crippen LogP contribution in [0.2, 0.25) is 0 Å². The lowest BCUT2D eigenvalue weighted by Crippen LogP contribution is -2.18. The first-order valence-electron chi connectivity index (χ1n) is 7.60. The fourth-order valence-electron chi connectivity index (χ4n) is 2.76. The summed E-state index contributed by atoms with van der Waals surface area (Å²) in [6.07, 6.45) is 2.78. The summed E-state index contributed by atoms with van der Waals surface area (Å²) in [7, 11) is 0. The number of amides is 1. The van der Waals surface area contributed by atoms with Crippen LogP contribution in [0.4, 0.5) is 15.8 Å². The predicted molar refractivity (Wildman–Crippen MR) is 86.6 cm³/mol. The number of carbonyl (C=O) groups excluding carboxylic acids is 1. The normalized spacial score (nSPS) is 14.1. The molecule has 0 unspecified atom stereocenters. The van der Waals surface area contributed by atoms with Crippen molar-refractivity contribution < 1.29 is 9.18 Å². The second-order valence-electron chi connectivity index (χ2n) is 5.60. The van der Waals surface area contributed by atoms with Crippen LogP contribution in [0, 0.1) is 5.82 Å². The average molecular weight is 298 g/mol. The molecule has 0 aromatic heterocycles. The highest BCUT2D eigenvalue weighted by Crippen LogP contribution is 2.20. The van der Waals surface area contributed by atoms with E-state index in [2.05, 4.69) is 22.3 Å². The molecule has 1 saturated heterocycles. The van der Waals surface area contributed by atoms with Gasteiger partial charge in [-0.3, -0.25) is 4.79 Å². The molecule has 0 spiro atoms. The van der Waals surface area contributed by atoms with E-state index in [1.807, 2.05) is 12.1 Å². The molecule has 1 N–H and O–H groups in total. The van der Waals surface area contributed by atoms with Crippen molar-refractivity contribution in [2.24, 2.45) is 0 Å². The van der Waals surface area contributed by atoms with Crippen molar-refractivity contribution in [3.8, 4) is 0 Å². The monoisotopic (exact) mass is 298 g/mol. The van der Waals surface area contributed by atoms with Crippen molar-refractivity contribution >= 4 is 17.3 Å². The molecule has 2 aromatic rings. The van der Waals surface area contributed by atoms with Crippen LogP contribution in [0.15, 0.2) is 48.5 Å². The zero-order chi connectivity index (χ0) is 15.4. The molecule has 22 heavy (non-hydrogen) atoms. The first kappa shape index (κ1) is 14.6. The maximum Gasteiger partial charge on any atom is 0.228 e. The van der Waals surface area contributed by atoms with Gasteiger partial charge in [-0.2, -0.15) is 0 Å². The largest absolute Gasteiger partial charge is 0.372 e. The minimum Gasteiger partial charge on any atom is -0.372 e. The van der Waals surface area contributed by atoms with Crippen molar-refractivity contribution in [1.82, 2.24) is 0 Å². The van der Waals surface area contributed by atoms with E-state index in [-0.39, 0.29) is 18.1 Å². The number of anilines is 2. The van der Waals surface area contributed by atoms with E-state index in [4.69, 9.17) is 0 Å². The molecule has 114 valence electrons. The second kappa shape index (κ2) is 6.60. The smallest absolute Gasteiger partial charge is 0.228 e. The van der Waals surface area contributed by atoms with Crippen molar-refractivity contribution in [3.63, 3.8) is 0 Å². The molecule has 0 radical (unpaired) electrons. The van der Waals surface area contributed by atoms with Crippen molar-refractivity contribution in [2.45, 2.75) is 19.3 Å². The van der Waals surface area contributed by atoms with E-state index in [0.29, 0.717) is 5.69 Å². The Morgan fingerprint density at radius 3 is 2.50 bits per heavy atom. The topological polar surface area (TPSA) is 32.3 Å². The Bertz CT molecular complexity index is 648. The van der Waals surface area contributed by atoms with Gasteiger partial charge in [0.1, 0.15) is 5.82 Å². The molecule has 4 heteroatoms. The Morgan fingerprint density at radius 2 is 1.82 bits per heavy atom. The third-order valence-electron chi connectivity index (χ3n) is 3.88. The van der Waals surface area contributed by atoms with Crippen LogP contribution in [-0.2, 0) is 11.2 Å². The molecule has 1 fully saturated rings. The second-order valence-corrected chi connectivity index (χ2v) is 5.60. The van der Waals surface area contributed by atoms with Gasteiger partial charge in [-0.05, 0) is 48.7 Å². The van der Waals surface area contributed by atoms with Gasteiger partial charge in [0.25, 0.3) is 0 Å². The fourth-order valence-corrected chi connectivity index (χ4v) is 2.76. The van der Waals surface area contributed by atoms with Gasteiger partial charge in [0.05, 0.1) is 6.42 Å². The number of benzene rings is 2. The van der Waals surface area contributed by atoms with Crippen molar-refractivity contribution in [2.75, 3.05) is 23.3 Å². The number of hydrogen-bond donors (Lipinski definition) is 1. The van der Waals surface area contributed by atoms with E-state index in [0.717, 1.165) is 18.7 Å². The zero-order valence-corrected chi connectivity index (χ0v) is 12.4. The Hall–Kier alpha value is -2.36. The minimum atomic E-state index is -0.354. The molecule has 2 aromatic carbocycles. The summed E-state index contributed by atoms with van der Waals surface area (Å²) in [5.41, 5.74) is 2.65. The lowest BCUT2D eigenvalue weighted by Gasteiger charge is -2.17. The van der Waals surface area contributed by atoms with E-state index < -0.39 is 0 Å². The third-order valence-corrected chi connectivity index (χ3v) is 3.88. The number of rotatable bonds is 4. The van der Waals surface area contributed by atoms with Gasteiger partial charge in [-0.15, -0.1) is 0 Å². The summed E-state index contributed by atoms with van der Waals surface area (Å²) >= 11 is 0. The molecule has 0 bridgehead atoms. The van der Waals surface area contributed by atoms with Gasteiger partial charge in [-0.1, -0.05) is 18.2 Å². The molecule has 0 saturated carbocycles. The van der Waals surface area contributed by atoms with Crippen LogP contribution in [-0.4, -0.2) is 19.0 Å². The molecule has 1 aliphatic heterocycles. The molecule has 1 aliphatic rings. The molecule has 3 nitrogen and oxygen atoms in total. The number of nitrogens with zero attached hydrogens (tertiary/aromatic N) is 1. The SMILES string of the molecule is O=C(Cc1ccc(N2CCCC2)cc1)Nc1cccc(F)c1. The summed E-state index contributed by atoms with van der Waals surface area (Å²) in [5, 5.41) is 2.71. The van der Waals surface area contributed by atoms with Gasteiger partial charge < -0.3 is 10.2 Å². The molecule has 1 amide bonds. The van der Waals surface area contributed by atoms with Crippen molar-refractivity contribution in [3.05, 3.63) is 59.9 Å². The predicted octanol–water partition coefficient (Wildman–Crippen LogP) is 3.61. The first-order valence-corrected chi connectivity index (χ1v) is 7.60. The van der Waals surface area contributed by atoms with Crippen LogP contribution in [0.5, 0.6) is 0 Å². The van der Waals surface area contributed by atoms with Gasteiger partial charge >= 0.3 is 0 Å². The van der Waals surface area contributed by atoms with Gasteiger partial charge in [-0.25, -0.2) is 4.39 Å². The highest BCUT2D eigenvalue weighted by atomic mass is 19.1. The van der Waals surface area contributed by atoms with Gasteiger partial charge in [0, 0.05) is 24.5 Å². The highest BCUT2D eigenvalue weighted by molar-refractivity contribution is 5.92. The summed E-state index contributed by atoms with van der Waals surface area (Å²) in [6.45, 7) is 2.22. The standard InChI is InChI=1S/C18H19FN2O/c19-15-4-3-5-16(13-15)20-18(22)12-14-6-8-17(9-7-14)21-10-1-2-11-21/h3-9,13H,1-2,10-12H2,(H,20,22). The zero-order valence-electron chi connectivity index (χ0n) is 12.4.